The summed E-state index contributed by atoms with van der Waals surface area (Å²) in [4.78, 5) is 0. The quantitative estimate of drug-likeness (QED) is 0.674. The monoisotopic (exact) mass is 171 g/mol. The van der Waals surface area contributed by atoms with E-state index < -0.39 is 5.60 Å². The summed E-state index contributed by atoms with van der Waals surface area (Å²) in [6, 6.07) is 0. The zero-order valence-corrected chi connectivity index (χ0v) is 8.59. The van der Waals surface area contributed by atoms with Gasteiger partial charge in [0.05, 0.1) is 5.60 Å². The molecule has 0 heterocycles. The van der Waals surface area contributed by atoms with Crippen LogP contribution in [0.25, 0.3) is 0 Å². The molecule has 3 N–H and O–H groups in total. The third kappa shape index (κ3) is 1.38. The SMILES string of the molecule is CC1CC1C(C)(O)C(C)(C)CN. The molecule has 0 aromatic heterocycles. The molecule has 2 heteroatoms. The molecular weight excluding hydrogens is 150 g/mol. The Labute approximate surface area is 75.2 Å². The van der Waals surface area contributed by atoms with Gasteiger partial charge in [-0.2, -0.15) is 0 Å². The molecule has 0 saturated heterocycles. The first-order chi connectivity index (χ1) is 5.33. The highest BCUT2D eigenvalue weighted by molar-refractivity contribution is 5.04. The van der Waals surface area contributed by atoms with Crippen molar-refractivity contribution in [3.05, 3.63) is 0 Å². The van der Waals surface area contributed by atoms with E-state index >= 15 is 0 Å². The van der Waals surface area contributed by atoms with Gasteiger partial charge in [0, 0.05) is 12.0 Å². The average molecular weight is 171 g/mol. The van der Waals surface area contributed by atoms with Gasteiger partial charge in [-0.25, -0.2) is 0 Å². The second-order valence-electron chi connectivity index (χ2n) is 5.06. The lowest BCUT2D eigenvalue weighted by Gasteiger charge is -2.40. The molecule has 1 saturated carbocycles. The van der Waals surface area contributed by atoms with E-state index in [1.165, 1.54) is 0 Å². The van der Waals surface area contributed by atoms with E-state index in [4.69, 9.17) is 5.73 Å². The van der Waals surface area contributed by atoms with E-state index in [1.54, 1.807) is 0 Å². The molecule has 1 aliphatic rings. The van der Waals surface area contributed by atoms with Crippen LogP contribution in [-0.2, 0) is 0 Å². The van der Waals surface area contributed by atoms with Crippen molar-refractivity contribution in [1.29, 1.82) is 0 Å². The van der Waals surface area contributed by atoms with Crippen LogP contribution in [0, 0.1) is 17.3 Å². The van der Waals surface area contributed by atoms with Crippen LogP contribution in [0.3, 0.4) is 0 Å². The normalized spacial score (nSPS) is 34.5. The third-order valence-corrected chi connectivity index (χ3v) is 3.71. The standard InChI is InChI=1S/C10H21NO/c1-7-5-8(7)10(4,12)9(2,3)6-11/h7-8,12H,5-6,11H2,1-4H3. The van der Waals surface area contributed by atoms with Crippen molar-refractivity contribution < 1.29 is 5.11 Å². The topological polar surface area (TPSA) is 46.2 Å². The first-order valence-corrected chi connectivity index (χ1v) is 4.75. The van der Waals surface area contributed by atoms with Crippen LogP contribution in [0.4, 0.5) is 0 Å². The van der Waals surface area contributed by atoms with Crippen molar-refractivity contribution in [3.8, 4) is 0 Å². The van der Waals surface area contributed by atoms with Gasteiger partial charge in [-0.05, 0) is 25.2 Å². The van der Waals surface area contributed by atoms with Crippen LogP contribution in [0.1, 0.15) is 34.1 Å². The number of hydrogen-bond donors (Lipinski definition) is 2. The first-order valence-electron chi connectivity index (χ1n) is 4.75. The third-order valence-electron chi connectivity index (χ3n) is 3.71. The van der Waals surface area contributed by atoms with Gasteiger partial charge in [0.1, 0.15) is 0 Å². The van der Waals surface area contributed by atoms with Crippen molar-refractivity contribution in [2.75, 3.05) is 6.54 Å². The molecule has 0 bridgehead atoms. The van der Waals surface area contributed by atoms with E-state index in [2.05, 4.69) is 6.92 Å². The Hall–Kier alpha value is -0.0800. The highest BCUT2D eigenvalue weighted by Gasteiger charge is 2.53. The molecule has 0 aromatic carbocycles. The van der Waals surface area contributed by atoms with E-state index in [0.717, 1.165) is 6.42 Å². The number of rotatable bonds is 3. The summed E-state index contributed by atoms with van der Waals surface area (Å²) < 4.78 is 0. The summed E-state index contributed by atoms with van der Waals surface area (Å²) in [5, 5.41) is 10.3. The molecule has 3 atom stereocenters. The lowest BCUT2D eigenvalue weighted by molar-refractivity contribution is -0.0682. The average Bonchev–Trinajstić information content (AvgIpc) is 2.67. The van der Waals surface area contributed by atoms with Gasteiger partial charge in [-0.3, -0.25) is 0 Å². The highest BCUT2D eigenvalue weighted by Crippen LogP contribution is 2.52. The Morgan fingerprint density at radius 2 is 1.83 bits per heavy atom. The van der Waals surface area contributed by atoms with E-state index in [0.29, 0.717) is 18.4 Å². The van der Waals surface area contributed by atoms with E-state index in [-0.39, 0.29) is 5.41 Å². The summed E-state index contributed by atoms with van der Waals surface area (Å²) >= 11 is 0. The van der Waals surface area contributed by atoms with Gasteiger partial charge >= 0.3 is 0 Å². The molecule has 0 radical (unpaired) electrons. The Kier molecular flexibility index (Phi) is 2.26. The minimum atomic E-state index is -0.596. The summed E-state index contributed by atoms with van der Waals surface area (Å²) in [6.07, 6.45) is 1.15. The molecule has 3 unspecified atom stereocenters. The molecule has 0 amide bonds. The Bertz CT molecular complexity index is 175. The second-order valence-corrected chi connectivity index (χ2v) is 5.06. The summed E-state index contributed by atoms with van der Waals surface area (Å²) in [5.41, 5.74) is 4.88. The van der Waals surface area contributed by atoms with Crippen molar-refractivity contribution in [1.82, 2.24) is 0 Å². The lowest BCUT2D eigenvalue weighted by atomic mass is 9.72. The Balaban J connectivity index is 2.70. The van der Waals surface area contributed by atoms with Gasteiger partial charge in [-0.1, -0.05) is 20.8 Å². The maximum absolute atomic E-state index is 10.3. The first kappa shape index (κ1) is 10.0. The van der Waals surface area contributed by atoms with Gasteiger partial charge in [0.15, 0.2) is 0 Å². The smallest absolute Gasteiger partial charge is 0.0713 e. The van der Waals surface area contributed by atoms with Crippen LogP contribution in [0.5, 0.6) is 0 Å². The zero-order chi connectivity index (χ0) is 9.57. The van der Waals surface area contributed by atoms with Crippen LogP contribution in [0.2, 0.25) is 0 Å². The van der Waals surface area contributed by atoms with Crippen LogP contribution < -0.4 is 5.73 Å². The highest BCUT2D eigenvalue weighted by atomic mass is 16.3. The lowest BCUT2D eigenvalue weighted by Crippen LogP contribution is -2.48. The van der Waals surface area contributed by atoms with Crippen molar-refractivity contribution in [2.24, 2.45) is 23.0 Å². The van der Waals surface area contributed by atoms with Gasteiger partial charge in [0.2, 0.25) is 0 Å². The zero-order valence-electron chi connectivity index (χ0n) is 8.59. The molecule has 2 nitrogen and oxygen atoms in total. The maximum Gasteiger partial charge on any atom is 0.0713 e. The fraction of sp³-hybridized carbons (Fsp3) is 1.00. The van der Waals surface area contributed by atoms with Crippen molar-refractivity contribution >= 4 is 0 Å². The molecule has 1 fully saturated rings. The van der Waals surface area contributed by atoms with Crippen molar-refractivity contribution in [3.63, 3.8) is 0 Å². The summed E-state index contributed by atoms with van der Waals surface area (Å²) in [7, 11) is 0. The fourth-order valence-electron chi connectivity index (χ4n) is 1.81. The Morgan fingerprint density at radius 3 is 2.08 bits per heavy atom. The van der Waals surface area contributed by atoms with Gasteiger partial charge in [0.25, 0.3) is 0 Å². The van der Waals surface area contributed by atoms with Crippen LogP contribution in [0.15, 0.2) is 0 Å². The van der Waals surface area contributed by atoms with Crippen molar-refractivity contribution in [2.45, 2.75) is 39.7 Å². The summed E-state index contributed by atoms with van der Waals surface area (Å²) in [5.74, 6) is 1.13. The van der Waals surface area contributed by atoms with E-state index in [9.17, 15) is 5.11 Å². The van der Waals surface area contributed by atoms with Gasteiger partial charge in [-0.15, -0.1) is 0 Å². The molecule has 1 aliphatic carbocycles. The molecule has 72 valence electrons. The minimum absolute atomic E-state index is 0.164. The van der Waals surface area contributed by atoms with Gasteiger partial charge < -0.3 is 10.8 Å². The molecular formula is C10H21NO. The fourth-order valence-corrected chi connectivity index (χ4v) is 1.81. The molecule has 0 aliphatic heterocycles. The summed E-state index contributed by atoms with van der Waals surface area (Å²) in [6.45, 7) is 8.74. The predicted octanol–water partition coefficient (Wildman–Crippen LogP) is 1.38. The molecule has 1 rings (SSSR count). The van der Waals surface area contributed by atoms with Crippen LogP contribution in [-0.4, -0.2) is 17.3 Å². The number of hydrogen-bond acceptors (Lipinski definition) is 2. The molecule has 0 aromatic rings. The predicted molar refractivity (Wildman–Crippen MR) is 50.7 cm³/mol. The second kappa shape index (κ2) is 2.71. The van der Waals surface area contributed by atoms with E-state index in [1.807, 2.05) is 20.8 Å². The molecule has 12 heavy (non-hydrogen) atoms. The molecule has 0 spiro atoms. The Morgan fingerprint density at radius 1 is 1.42 bits per heavy atom. The number of aliphatic hydroxyl groups is 1. The largest absolute Gasteiger partial charge is 0.389 e. The minimum Gasteiger partial charge on any atom is -0.389 e. The van der Waals surface area contributed by atoms with Crippen LogP contribution >= 0.6 is 0 Å². The number of nitrogens with two attached hydrogens (primary N) is 1. The maximum atomic E-state index is 10.3.